The molecular weight excluding hydrogens is 414 g/mol. The second-order valence-corrected chi connectivity index (χ2v) is 8.83. The van der Waals surface area contributed by atoms with Crippen LogP contribution in [0.15, 0.2) is 66.7 Å². The fourth-order valence-electron chi connectivity index (χ4n) is 3.60. The molecule has 4 aromatic rings. The summed E-state index contributed by atoms with van der Waals surface area (Å²) >= 11 is 1.29. The van der Waals surface area contributed by atoms with E-state index in [4.69, 9.17) is 4.74 Å². The van der Waals surface area contributed by atoms with Gasteiger partial charge in [-0.15, -0.1) is 0 Å². The van der Waals surface area contributed by atoms with Crippen molar-refractivity contribution in [3.8, 4) is 33.5 Å². The van der Waals surface area contributed by atoms with E-state index in [9.17, 15) is 0 Å². The van der Waals surface area contributed by atoms with Gasteiger partial charge >= 0.3 is 0 Å². The first-order valence-corrected chi connectivity index (χ1v) is 11.8. The van der Waals surface area contributed by atoms with E-state index in [-0.39, 0.29) is 0 Å². The van der Waals surface area contributed by atoms with Crippen molar-refractivity contribution in [2.45, 2.75) is 27.2 Å². The first kappa shape index (κ1) is 22.2. The van der Waals surface area contributed by atoms with Crippen molar-refractivity contribution < 1.29 is 4.74 Å². The quantitative estimate of drug-likeness (QED) is 0.301. The predicted octanol–water partition coefficient (Wildman–Crippen LogP) is 6.78. The summed E-state index contributed by atoms with van der Waals surface area (Å²) in [6.07, 6.45) is 1.04. The summed E-state index contributed by atoms with van der Waals surface area (Å²) in [6.45, 7) is 8.54. The minimum absolute atomic E-state index is 0.563. The van der Waals surface area contributed by atoms with Crippen molar-refractivity contribution in [1.29, 1.82) is 0 Å². The van der Waals surface area contributed by atoms with Crippen LogP contribution in [0, 0.1) is 13.8 Å². The van der Waals surface area contributed by atoms with E-state index in [0.717, 1.165) is 36.4 Å². The van der Waals surface area contributed by atoms with E-state index in [0.29, 0.717) is 11.0 Å². The summed E-state index contributed by atoms with van der Waals surface area (Å²) in [4.78, 5) is 6.95. The van der Waals surface area contributed by atoms with Crippen LogP contribution >= 0.6 is 11.5 Å². The average Bonchev–Trinajstić information content (AvgIpc) is 3.29. The van der Waals surface area contributed by atoms with E-state index in [1.807, 2.05) is 6.07 Å². The highest BCUT2D eigenvalue weighted by atomic mass is 32.1. The first-order valence-electron chi connectivity index (χ1n) is 11.0. The van der Waals surface area contributed by atoms with E-state index < -0.39 is 0 Å². The second-order valence-electron chi connectivity index (χ2n) is 8.12. The van der Waals surface area contributed by atoms with E-state index in [1.54, 1.807) is 0 Å². The monoisotopic (exact) mass is 443 g/mol. The van der Waals surface area contributed by atoms with Crippen LogP contribution in [0.1, 0.15) is 23.6 Å². The molecule has 0 aliphatic heterocycles. The third-order valence-electron chi connectivity index (χ3n) is 5.79. The number of aromatic nitrogens is 2. The van der Waals surface area contributed by atoms with Crippen LogP contribution in [0.2, 0.25) is 0 Å². The summed E-state index contributed by atoms with van der Waals surface area (Å²) in [5.41, 5.74) is 7.10. The largest absolute Gasteiger partial charge is 0.430 e. The molecular formula is C27H29N3OS. The fourth-order valence-corrected chi connectivity index (χ4v) is 4.17. The molecule has 4 nitrogen and oxygen atoms in total. The lowest BCUT2D eigenvalue weighted by Gasteiger charge is -2.16. The Morgan fingerprint density at radius 3 is 2.28 bits per heavy atom. The lowest BCUT2D eigenvalue weighted by Crippen LogP contribution is -2.20. The van der Waals surface area contributed by atoms with E-state index in [1.165, 1.54) is 33.8 Å². The maximum Gasteiger partial charge on any atom is 0.299 e. The van der Waals surface area contributed by atoms with Gasteiger partial charge in [0.1, 0.15) is 5.75 Å². The third kappa shape index (κ3) is 5.23. The molecule has 0 saturated carbocycles. The SMILES string of the molecule is CCN(C)CCc1cc(C)c(Oc2nc(-c3ccc(-c4ccccc4)cc3)ns2)cc1C. The number of likely N-dealkylation sites (N-methyl/N-ethyl adjacent to an activating group) is 1. The predicted molar refractivity (Wildman–Crippen MR) is 134 cm³/mol. The average molecular weight is 444 g/mol. The van der Waals surface area contributed by atoms with E-state index >= 15 is 0 Å². The van der Waals surface area contributed by atoms with Gasteiger partial charge in [-0.2, -0.15) is 9.36 Å². The Morgan fingerprint density at radius 2 is 1.56 bits per heavy atom. The van der Waals surface area contributed by atoms with Gasteiger partial charge in [-0.1, -0.05) is 67.6 Å². The summed E-state index contributed by atoms with van der Waals surface area (Å²) in [6, 6.07) is 23.0. The number of benzene rings is 3. The summed E-state index contributed by atoms with van der Waals surface area (Å²) in [5.74, 6) is 1.54. The molecule has 0 unspecified atom stereocenters. The topological polar surface area (TPSA) is 38.2 Å². The van der Waals surface area contributed by atoms with Gasteiger partial charge in [0.25, 0.3) is 5.19 Å². The van der Waals surface area contributed by atoms with Crippen LogP contribution in [-0.2, 0) is 6.42 Å². The number of rotatable bonds is 8. The number of nitrogens with zero attached hydrogens (tertiary/aromatic N) is 3. The summed E-state index contributed by atoms with van der Waals surface area (Å²) < 4.78 is 10.6. The highest BCUT2D eigenvalue weighted by Gasteiger charge is 2.12. The Hall–Kier alpha value is -3.02. The van der Waals surface area contributed by atoms with Gasteiger partial charge < -0.3 is 9.64 Å². The Kier molecular flexibility index (Phi) is 6.98. The maximum atomic E-state index is 6.12. The molecule has 0 atom stereocenters. The van der Waals surface area contributed by atoms with Gasteiger partial charge in [0, 0.05) is 23.6 Å². The Balaban J connectivity index is 1.47. The molecule has 0 amide bonds. The molecule has 32 heavy (non-hydrogen) atoms. The highest BCUT2D eigenvalue weighted by Crippen LogP contribution is 2.31. The first-order chi connectivity index (χ1) is 15.5. The zero-order chi connectivity index (χ0) is 22.5. The van der Waals surface area contributed by atoms with Crippen LogP contribution in [0.3, 0.4) is 0 Å². The van der Waals surface area contributed by atoms with Gasteiger partial charge in [0.2, 0.25) is 0 Å². The van der Waals surface area contributed by atoms with Crippen LogP contribution in [-0.4, -0.2) is 34.4 Å². The molecule has 0 spiro atoms. The minimum Gasteiger partial charge on any atom is -0.430 e. The molecule has 0 bridgehead atoms. The van der Waals surface area contributed by atoms with Crippen LogP contribution in [0.4, 0.5) is 0 Å². The highest BCUT2D eigenvalue weighted by molar-refractivity contribution is 7.07. The number of ether oxygens (including phenoxy) is 1. The van der Waals surface area contributed by atoms with Crippen LogP contribution in [0.25, 0.3) is 22.5 Å². The summed E-state index contributed by atoms with van der Waals surface area (Å²) in [7, 11) is 2.15. The zero-order valence-corrected chi connectivity index (χ0v) is 19.9. The molecule has 0 saturated heterocycles. The van der Waals surface area contributed by atoms with Gasteiger partial charge in [0.15, 0.2) is 5.82 Å². The lowest BCUT2D eigenvalue weighted by molar-refractivity contribution is 0.357. The normalized spacial score (nSPS) is 11.2. The lowest BCUT2D eigenvalue weighted by atomic mass is 10.0. The Morgan fingerprint density at radius 1 is 0.875 bits per heavy atom. The van der Waals surface area contributed by atoms with Crippen LogP contribution in [0.5, 0.6) is 10.9 Å². The molecule has 1 heterocycles. The van der Waals surface area contributed by atoms with Crippen molar-refractivity contribution in [2.75, 3.05) is 20.1 Å². The standard InChI is InChI=1S/C27H29N3OS/c1-5-30(4)16-15-24-17-20(3)25(18-19(24)2)31-27-28-26(29-32-27)23-13-11-22(12-14-23)21-9-7-6-8-10-21/h6-14,17-18H,5,15-16H2,1-4H3. The van der Waals surface area contributed by atoms with Gasteiger partial charge in [-0.25, -0.2) is 0 Å². The smallest absolute Gasteiger partial charge is 0.299 e. The number of aryl methyl sites for hydroxylation is 2. The number of hydrogen-bond donors (Lipinski definition) is 0. The maximum absolute atomic E-state index is 6.12. The van der Waals surface area contributed by atoms with Crippen molar-refractivity contribution in [2.24, 2.45) is 0 Å². The molecule has 1 aromatic heterocycles. The summed E-state index contributed by atoms with van der Waals surface area (Å²) in [5, 5.41) is 0.563. The molecule has 0 fully saturated rings. The molecule has 0 radical (unpaired) electrons. The third-order valence-corrected chi connectivity index (χ3v) is 6.39. The van der Waals surface area contributed by atoms with Gasteiger partial charge in [-0.05, 0) is 67.7 Å². The molecule has 0 aliphatic rings. The molecule has 0 aliphatic carbocycles. The molecule has 5 heteroatoms. The van der Waals surface area contributed by atoms with Crippen molar-refractivity contribution in [3.63, 3.8) is 0 Å². The molecule has 0 N–H and O–H groups in total. The minimum atomic E-state index is 0.563. The van der Waals surface area contributed by atoms with Crippen molar-refractivity contribution in [3.05, 3.63) is 83.4 Å². The Labute approximate surface area is 194 Å². The molecule has 4 rings (SSSR count). The van der Waals surface area contributed by atoms with Crippen molar-refractivity contribution >= 4 is 11.5 Å². The van der Waals surface area contributed by atoms with Crippen molar-refractivity contribution in [1.82, 2.24) is 14.3 Å². The molecule has 3 aromatic carbocycles. The Bertz CT molecular complexity index is 1170. The van der Waals surface area contributed by atoms with E-state index in [2.05, 4.69) is 103 Å². The van der Waals surface area contributed by atoms with Gasteiger partial charge in [-0.3, -0.25) is 0 Å². The van der Waals surface area contributed by atoms with Crippen LogP contribution < -0.4 is 4.74 Å². The fraction of sp³-hybridized carbons (Fsp3) is 0.259. The second kappa shape index (κ2) is 10.1. The zero-order valence-electron chi connectivity index (χ0n) is 19.1. The number of hydrogen-bond acceptors (Lipinski definition) is 5. The van der Waals surface area contributed by atoms with Gasteiger partial charge in [0.05, 0.1) is 0 Å². The molecule has 164 valence electrons.